The van der Waals surface area contributed by atoms with Crippen LogP contribution < -0.4 is 10.1 Å². The Balaban J connectivity index is 1.59. The molecule has 0 spiro atoms. The SMILES string of the molecule is C=CC(=O)N1Cc2ccc(NC(=O)COc3ccccc3C)cc2C1. The molecule has 0 aliphatic carbocycles. The van der Waals surface area contributed by atoms with Gasteiger partial charge in [0.25, 0.3) is 5.91 Å². The third-order valence-electron chi connectivity index (χ3n) is 4.15. The van der Waals surface area contributed by atoms with Crippen LogP contribution in [0.1, 0.15) is 16.7 Å². The molecule has 3 rings (SSSR count). The number of carbonyl (C=O) groups excluding carboxylic acids is 2. The molecule has 0 unspecified atom stereocenters. The van der Waals surface area contributed by atoms with Crippen LogP contribution in [0.5, 0.6) is 5.75 Å². The molecule has 1 aliphatic heterocycles. The van der Waals surface area contributed by atoms with E-state index in [2.05, 4.69) is 11.9 Å². The maximum Gasteiger partial charge on any atom is 0.262 e. The summed E-state index contributed by atoms with van der Waals surface area (Å²) in [5.41, 5.74) is 3.81. The van der Waals surface area contributed by atoms with Crippen LogP contribution in [-0.4, -0.2) is 23.3 Å². The van der Waals surface area contributed by atoms with Crippen LogP contribution in [-0.2, 0) is 22.7 Å². The molecule has 5 nitrogen and oxygen atoms in total. The Bertz CT molecular complexity index is 829. The lowest BCUT2D eigenvalue weighted by Gasteiger charge is -2.11. The van der Waals surface area contributed by atoms with Crippen molar-refractivity contribution >= 4 is 17.5 Å². The molecule has 0 bridgehead atoms. The van der Waals surface area contributed by atoms with Gasteiger partial charge in [-0.1, -0.05) is 30.8 Å². The van der Waals surface area contributed by atoms with E-state index in [4.69, 9.17) is 4.74 Å². The lowest BCUT2D eigenvalue weighted by atomic mass is 10.1. The van der Waals surface area contributed by atoms with E-state index in [1.165, 1.54) is 6.08 Å². The third-order valence-corrected chi connectivity index (χ3v) is 4.15. The number of carbonyl (C=O) groups is 2. The molecule has 1 N–H and O–H groups in total. The summed E-state index contributed by atoms with van der Waals surface area (Å²) in [6.45, 7) is 6.50. The zero-order valence-electron chi connectivity index (χ0n) is 14.1. The van der Waals surface area contributed by atoms with E-state index in [9.17, 15) is 9.59 Å². The fraction of sp³-hybridized carbons (Fsp3) is 0.200. The number of ether oxygens (including phenoxy) is 1. The smallest absolute Gasteiger partial charge is 0.262 e. The van der Waals surface area contributed by atoms with Gasteiger partial charge in [0.1, 0.15) is 5.75 Å². The maximum atomic E-state index is 12.1. The zero-order valence-corrected chi connectivity index (χ0v) is 14.1. The number of hydrogen-bond donors (Lipinski definition) is 1. The van der Waals surface area contributed by atoms with Crippen molar-refractivity contribution in [1.29, 1.82) is 0 Å². The second-order valence-electron chi connectivity index (χ2n) is 5.98. The molecular formula is C20H20N2O3. The molecule has 2 amide bonds. The molecule has 1 aliphatic rings. The van der Waals surface area contributed by atoms with Gasteiger partial charge in [0.05, 0.1) is 0 Å². The molecule has 0 fully saturated rings. The van der Waals surface area contributed by atoms with E-state index in [1.54, 1.807) is 4.90 Å². The number of aryl methyl sites for hydroxylation is 1. The average Bonchev–Trinajstić information content (AvgIpc) is 3.03. The number of fused-ring (bicyclic) bond motifs is 1. The summed E-state index contributed by atoms with van der Waals surface area (Å²) in [6, 6.07) is 13.2. The van der Waals surface area contributed by atoms with Gasteiger partial charge in [-0.3, -0.25) is 9.59 Å². The Morgan fingerprint density at radius 2 is 1.96 bits per heavy atom. The Morgan fingerprint density at radius 1 is 1.20 bits per heavy atom. The maximum absolute atomic E-state index is 12.1. The zero-order chi connectivity index (χ0) is 17.8. The fourth-order valence-corrected chi connectivity index (χ4v) is 2.82. The van der Waals surface area contributed by atoms with Crippen molar-refractivity contribution in [2.24, 2.45) is 0 Å². The third kappa shape index (κ3) is 3.88. The van der Waals surface area contributed by atoms with Crippen LogP contribution in [0.25, 0.3) is 0 Å². The van der Waals surface area contributed by atoms with Crippen LogP contribution >= 0.6 is 0 Å². The number of anilines is 1. The van der Waals surface area contributed by atoms with Crippen LogP contribution in [0.3, 0.4) is 0 Å². The first kappa shape index (κ1) is 16.8. The molecular weight excluding hydrogens is 316 g/mol. The van der Waals surface area contributed by atoms with Crippen LogP contribution in [0.2, 0.25) is 0 Å². The summed E-state index contributed by atoms with van der Waals surface area (Å²) in [4.78, 5) is 25.5. The topological polar surface area (TPSA) is 58.6 Å². The van der Waals surface area contributed by atoms with Crippen molar-refractivity contribution in [3.8, 4) is 5.75 Å². The molecule has 0 aromatic heterocycles. The molecule has 0 radical (unpaired) electrons. The Morgan fingerprint density at radius 3 is 2.72 bits per heavy atom. The van der Waals surface area contributed by atoms with Gasteiger partial charge in [-0.15, -0.1) is 0 Å². The molecule has 2 aromatic carbocycles. The van der Waals surface area contributed by atoms with E-state index in [-0.39, 0.29) is 18.4 Å². The van der Waals surface area contributed by atoms with E-state index < -0.39 is 0 Å². The van der Waals surface area contributed by atoms with E-state index in [0.29, 0.717) is 24.5 Å². The van der Waals surface area contributed by atoms with Crippen molar-refractivity contribution in [3.05, 3.63) is 71.8 Å². The summed E-state index contributed by atoms with van der Waals surface area (Å²) in [6.07, 6.45) is 1.32. The number of rotatable bonds is 5. The lowest BCUT2D eigenvalue weighted by molar-refractivity contribution is -0.126. The minimum absolute atomic E-state index is 0.0526. The van der Waals surface area contributed by atoms with E-state index in [0.717, 1.165) is 16.7 Å². The number of benzene rings is 2. The van der Waals surface area contributed by atoms with Gasteiger partial charge in [-0.05, 0) is 47.9 Å². The standard InChI is InChI=1S/C20H20N2O3/c1-3-20(24)22-11-15-8-9-17(10-16(15)12-22)21-19(23)13-25-18-7-5-4-6-14(18)2/h3-10H,1,11-13H2,2H3,(H,21,23). The molecule has 2 aromatic rings. The molecule has 0 atom stereocenters. The van der Waals surface area contributed by atoms with Gasteiger partial charge in [0, 0.05) is 18.8 Å². The fourth-order valence-electron chi connectivity index (χ4n) is 2.82. The number of para-hydroxylation sites is 1. The van der Waals surface area contributed by atoms with Gasteiger partial charge in [-0.2, -0.15) is 0 Å². The van der Waals surface area contributed by atoms with Gasteiger partial charge in [0.2, 0.25) is 5.91 Å². The number of nitrogens with zero attached hydrogens (tertiary/aromatic N) is 1. The summed E-state index contributed by atoms with van der Waals surface area (Å²) < 4.78 is 5.55. The summed E-state index contributed by atoms with van der Waals surface area (Å²) in [7, 11) is 0. The Hall–Kier alpha value is -3.08. The van der Waals surface area contributed by atoms with E-state index in [1.807, 2.05) is 49.4 Å². The second-order valence-corrected chi connectivity index (χ2v) is 5.98. The second kappa shape index (κ2) is 7.21. The summed E-state index contributed by atoms with van der Waals surface area (Å²) in [5.74, 6) is 0.388. The molecule has 0 saturated carbocycles. The predicted molar refractivity (Wildman–Crippen MR) is 96.2 cm³/mol. The van der Waals surface area contributed by atoms with Gasteiger partial charge >= 0.3 is 0 Å². The van der Waals surface area contributed by atoms with Crippen LogP contribution in [0, 0.1) is 6.92 Å². The van der Waals surface area contributed by atoms with Gasteiger partial charge in [-0.25, -0.2) is 0 Å². The quantitative estimate of drug-likeness (QED) is 0.854. The first-order valence-electron chi connectivity index (χ1n) is 8.08. The normalized spacial score (nSPS) is 12.4. The highest BCUT2D eigenvalue weighted by Crippen LogP contribution is 2.26. The van der Waals surface area contributed by atoms with Gasteiger partial charge < -0.3 is 15.0 Å². The highest BCUT2D eigenvalue weighted by atomic mass is 16.5. The largest absolute Gasteiger partial charge is 0.483 e. The highest BCUT2D eigenvalue weighted by Gasteiger charge is 2.21. The number of nitrogens with one attached hydrogen (secondary N) is 1. The first-order chi connectivity index (χ1) is 12.1. The Labute approximate surface area is 146 Å². The van der Waals surface area contributed by atoms with Gasteiger partial charge in [0.15, 0.2) is 6.61 Å². The summed E-state index contributed by atoms with van der Waals surface area (Å²) in [5, 5.41) is 2.83. The predicted octanol–water partition coefficient (Wildman–Crippen LogP) is 3.04. The van der Waals surface area contributed by atoms with Crippen molar-refractivity contribution in [2.45, 2.75) is 20.0 Å². The minimum atomic E-state index is -0.222. The van der Waals surface area contributed by atoms with Crippen molar-refractivity contribution in [1.82, 2.24) is 4.90 Å². The van der Waals surface area contributed by atoms with Crippen molar-refractivity contribution in [2.75, 3.05) is 11.9 Å². The first-order valence-corrected chi connectivity index (χ1v) is 8.08. The summed E-state index contributed by atoms with van der Waals surface area (Å²) >= 11 is 0. The molecule has 1 heterocycles. The average molecular weight is 336 g/mol. The highest BCUT2D eigenvalue weighted by molar-refractivity contribution is 5.92. The van der Waals surface area contributed by atoms with Crippen LogP contribution in [0.15, 0.2) is 55.1 Å². The minimum Gasteiger partial charge on any atom is -0.483 e. The number of hydrogen-bond acceptors (Lipinski definition) is 3. The van der Waals surface area contributed by atoms with Crippen molar-refractivity contribution < 1.29 is 14.3 Å². The lowest BCUT2D eigenvalue weighted by Crippen LogP contribution is -2.22. The monoisotopic (exact) mass is 336 g/mol. The molecule has 5 heteroatoms. The Kier molecular flexibility index (Phi) is 4.84. The molecule has 128 valence electrons. The van der Waals surface area contributed by atoms with E-state index >= 15 is 0 Å². The molecule has 25 heavy (non-hydrogen) atoms. The molecule has 0 saturated heterocycles. The van der Waals surface area contributed by atoms with Crippen LogP contribution in [0.4, 0.5) is 5.69 Å². The van der Waals surface area contributed by atoms with Crippen molar-refractivity contribution in [3.63, 3.8) is 0 Å². The number of amides is 2.